The molecule has 43 heavy (non-hydrogen) atoms. The molecule has 0 aliphatic rings. The predicted molar refractivity (Wildman–Crippen MR) is 168 cm³/mol. The first kappa shape index (κ1) is 33.1. The highest BCUT2D eigenvalue weighted by atomic mass is 16.5. The van der Waals surface area contributed by atoms with Crippen molar-refractivity contribution in [2.24, 2.45) is 0 Å². The van der Waals surface area contributed by atoms with Crippen molar-refractivity contribution in [2.45, 2.75) is 91.1 Å². The third-order valence-corrected chi connectivity index (χ3v) is 6.87. The Morgan fingerprint density at radius 2 is 1.09 bits per heavy atom. The number of carbonyl (C=O) groups is 3. The molecule has 0 amide bonds. The van der Waals surface area contributed by atoms with Gasteiger partial charge in [0.15, 0.2) is 0 Å². The van der Waals surface area contributed by atoms with Crippen LogP contribution in [-0.4, -0.2) is 24.0 Å². The van der Waals surface area contributed by atoms with E-state index in [1.165, 1.54) is 12.8 Å². The van der Waals surface area contributed by atoms with Crippen molar-refractivity contribution in [3.8, 4) is 23.3 Å². The predicted octanol–water partition coefficient (Wildman–Crippen LogP) is 8.70. The molecule has 0 aliphatic carbocycles. The number of hydrogen-bond acceptors (Lipinski definition) is 6. The molecule has 0 heterocycles. The van der Waals surface area contributed by atoms with Crippen molar-refractivity contribution in [1.29, 1.82) is 0 Å². The molecule has 0 saturated heterocycles. The van der Waals surface area contributed by atoms with E-state index in [2.05, 4.69) is 25.7 Å². The average molecular weight is 583 g/mol. The zero-order valence-corrected chi connectivity index (χ0v) is 25.5. The van der Waals surface area contributed by atoms with Gasteiger partial charge in [-0.3, -0.25) is 4.79 Å². The number of hydrogen-bond donors (Lipinski definition) is 0. The Balaban J connectivity index is 1.46. The Labute approximate surface area is 255 Å². The minimum Gasteiger partial charge on any atom is -0.459 e. The Kier molecular flexibility index (Phi) is 14.0. The first-order chi connectivity index (χ1) is 20.9. The van der Waals surface area contributed by atoms with Gasteiger partial charge in [0.2, 0.25) is 0 Å². The van der Waals surface area contributed by atoms with Gasteiger partial charge in [0, 0.05) is 17.5 Å². The van der Waals surface area contributed by atoms with E-state index in [1.54, 1.807) is 72.8 Å². The summed E-state index contributed by atoms with van der Waals surface area (Å²) in [6.07, 6.45) is 9.80. The fourth-order valence-corrected chi connectivity index (χ4v) is 4.31. The smallest absolute Gasteiger partial charge is 0.343 e. The van der Waals surface area contributed by atoms with Crippen LogP contribution in [-0.2, 0) is 9.53 Å². The van der Waals surface area contributed by atoms with Crippen LogP contribution < -0.4 is 9.47 Å². The molecule has 226 valence electrons. The average Bonchev–Trinajstić information content (AvgIpc) is 3.01. The van der Waals surface area contributed by atoms with Crippen LogP contribution in [0.25, 0.3) is 0 Å². The van der Waals surface area contributed by atoms with Gasteiger partial charge < -0.3 is 14.2 Å². The van der Waals surface area contributed by atoms with Crippen LogP contribution in [0.2, 0.25) is 0 Å². The molecule has 0 radical (unpaired) electrons. The maximum atomic E-state index is 12.6. The molecule has 3 aromatic carbocycles. The van der Waals surface area contributed by atoms with E-state index in [0.717, 1.165) is 56.1 Å². The van der Waals surface area contributed by atoms with E-state index in [4.69, 9.17) is 14.2 Å². The van der Waals surface area contributed by atoms with Gasteiger partial charge in [-0.1, -0.05) is 64.2 Å². The second-order valence-corrected chi connectivity index (χ2v) is 10.6. The van der Waals surface area contributed by atoms with E-state index in [1.807, 2.05) is 6.92 Å². The normalized spacial score (nSPS) is 11.1. The molecule has 3 aromatic rings. The number of rotatable bonds is 15. The van der Waals surface area contributed by atoms with Gasteiger partial charge in [0.1, 0.15) is 11.5 Å². The summed E-state index contributed by atoms with van der Waals surface area (Å²) in [5.41, 5.74) is 2.31. The van der Waals surface area contributed by atoms with E-state index in [0.29, 0.717) is 29.0 Å². The Hall–Kier alpha value is -4.37. The van der Waals surface area contributed by atoms with Crippen molar-refractivity contribution < 1.29 is 28.6 Å². The zero-order valence-electron chi connectivity index (χ0n) is 25.5. The molecule has 0 fully saturated rings. The van der Waals surface area contributed by atoms with Crippen LogP contribution in [0, 0.1) is 11.8 Å². The van der Waals surface area contributed by atoms with Gasteiger partial charge in [-0.25, -0.2) is 9.59 Å². The number of benzene rings is 3. The lowest BCUT2D eigenvalue weighted by molar-refractivity contribution is -0.134. The summed E-state index contributed by atoms with van der Waals surface area (Å²) in [6, 6.07) is 20.2. The van der Waals surface area contributed by atoms with Crippen molar-refractivity contribution in [3.05, 3.63) is 95.1 Å². The van der Waals surface area contributed by atoms with Crippen molar-refractivity contribution in [2.75, 3.05) is 0 Å². The molecule has 6 heteroatoms. The molecule has 3 rings (SSSR count). The second-order valence-electron chi connectivity index (χ2n) is 10.6. The molecular formula is C37H42O6. The van der Waals surface area contributed by atoms with Gasteiger partial charge in [0.05, 0.1) is 17.2 Å². The monoisotopic (exact) mass is 582 g/mol. The molecule has 0 unspecified atom stereocenters. The van der Waals surface area contributed by atoms with Crippen molar-refractivity contribution in [1.82, 2.24) is 0 Å². The van der Waals surface area contributed by atoms with Crippen molar-refractivity contribution >= 4 is 17.9 Å². The van der Waals surface area contributed by atoms with Gasteiger partial charge in [-0.2, -0.15) is 0 Å². The first-order valence-corrected chi connectivity index (χ1v) is 15.3. The minimum absolute atomic E-state index is 0.142. The highest BCUT2D eigenvalue weighted by Gasteiger charge is 2.14. The Morgan fingerprint density at radius 1 is 0.605 bits per heavy atom. The highest BCUT2D eigenvalue weighted by molar-refractivity contribution is 5.92. The largest absolute Gasteiger partial charge is 0.459 e. The summed E-state index contributed by atoms with van der Waals surface area (Å²) in [5, 5.41) is 0. The van der Waals surface area contributed by atoms with Crippen LogP contribution in [0.3, 0.4) is 0 Å². The van der Waals surface area contributed by atoms with E-state index < -0.39 is 5.97 Å². The molecule has 0 aliphatic heterocycles. The maximum absolute atomic E-state index is 12.6. The highest BCUT2D eigenvalue weighted by Crippen LogP contribution is 2.18. The number of esters is 3. The lowest BCUT2D eigenvalue weighted by Gasteiger charge is -2.13. The number of ether oxygens (including phenoxy) is 3. The second kappa shape index (κ2) is 18.2. The van der Waals surface area contributed by atoms with E-state index in [9.17, 15) is 14.4 Å². The first-order valence-electron chi connectivity index (χ1n) is 15.3. The summed E-state index contributed by atoms with van der Waals surface area (Å²) >= 11 is 0. The molecule has 6 nitrogen and oxygen atoms in total. The van der Waals surface area contributed by atoms with Crippen molar-refractivity contribution in [3.63, 3.8) is 0 Å². The molecule has 0 aromatic heterocycles. The van der Waals surface area contributed by atoms with Crippen LogP contribution in [0.1, 0.15) is 117 Å². The van der Waals surface area contributed by atoms with Crippen LogP contribution in [0.4, 0.5) is 0 Å². The minimum atomic E-state index is -0.508. The van der Waals surface area contributed by atoms with Gasteiger partial charge in [0.25, 0.3) is 0 Å². The quantitative estimate of drug-likeness (QED) is 0.0772. The lowest BCUT2D eigenvalue weighted by atomic mass is 10.1. The number of carbonyl (C=O) groups excluding carboxylic acids is 3. The summed E-state index contributed by atoms with van der Waals surface area (Å²) in [4.78, 5) is 37.0. The molecule has 0 bridgehead atoms. The van der Waals surface area contributed by atoms with Gasteiger partial charge >= 0.3 is 17.9 Å². The summed E-state index contributed by atoms with van der Waals surface area (Å²) < 4.78 is 16.4. The van der Waals surface area contributed by atoms with E-state index >= 15 is 0 Å². The summed E-state index contributed by atoms with van der Waals surface area (Å²) in [5.74, 6) is 5.88. The van der Waals surface area contributed by atoms with Crippen LogP contribution in [0.15, 0.2) is 72.8 Å². The standard InChI is InChI=1S/C37H42O6/c1-4-6-8-10-12-28(3)41-36(39)32-22-26-34(27-23-32)43-37(40)31-20-16-29(17-21-31)14-15-30-18-24-33(25-19-30)42-35(38)13-11-9-7-5-2/h16-28H,4-13H2,1-3H3/t28-/m0/s1. The molecule has 0 N–H and O–H groups in total. The molecule has 0 spiro atoms. The topological polar surface area (TPSA) is 78.9 Å². The van der Waals surface area contributed by atoms with Crippen LogP contribution >= 0.6 is 0 Å². The lowest BCUT2D eigenvalue weighted by Crippen LogP contribution is -2.15. The van der Waals surface area contributed by atoms with Gasteiger partial charge in [-0.15, -0.1) is 0 Å². The summed E-state index contributed by atoms with van der Waals surface area (Å²) in [6.45, 7) is 6.21. The third kappa shape index (κ3) is 12.2. The zero-order chi connectivity index (χ0) is 30.9. The molecule has 1 atom stereocenters. The van der Waals surface area contributed by atoms with Gasteiger partial charge in [-0.05, 0) is 99.0 Å². The van der Waals surface area contributed by atoms with Crippen LogP contribution in [0.5, 0.6) is 11.5 Å². The Morgan fingerprint density at radius 3 is 1.70 bits per heavy atom. The molecular weight excluding hydrogens is 540 g/mol. The number of unbranched alkanes of at least 4 members (excludes halogenated alkanes) is 6. The fourth-order valence-electron chi connectivity index (χ4n) is 4.31. The Bertz CT molecular complexity index is 1360. The van der Waals surface area contributed by atoms with E-state index in [-0.39, 0.29) is 18.0 Å². The summed E-state index contributed by atoms with van der Waals surface area (Å²) in [7, 11) is 0. The maximum Gasteiger partial charge on any atom is 0.343 e. The SMILES string of the molecule is CCCCCCC(=O)Oc1ccc(C#Cc2ccc(C(=O)Oc3ccc(C(=O)O[C@@H](C)CCCCCC)cc3)cc2)cc1. The third-order valence-electron chi connectivity index (χ3n) is 6.87. The fraction of sp³-hybridized carbons (Fsp3) is 0.378. The molecule has 0 saturated carbocycles.